The molecule has 1 atom stereocenters. The standard InChI is InChI=1S/C10H10O4/c1-6(9(11)12)7-4-2-3-5-8(7)10(13)14/h2-6H,1H3,(H,11,12)(H,13,14). The number of carboxylic acids is 2. The molecule has 0 fully saturated rings. The van der Waals surface area contributed by atoms with Gasteiger partial charge in [0, 0.05) is 0 Å². The Kier molecular flexibility index (Phi) is 2.86. The molecular formula is C10H10O4. The SMILES string of the molecule is CC(C(=O)O)c1ccccc1C(=O)O. The van der Waals surface area contributed by atoms with Crippen LogP contribution in [0.4, 0.5) is 0 Å². The summed E-state index contributed by atoms with van der Waals surface area (Å²) >= 11 is 0. The summed E-state index contributed by atoms with van der Waals surface area (Å²) in [5.74, 6) is -2.94. The Hall–Kier alpha value is -1.84. The van der Waals surface area contributed by atoms with Crippen molar-refractivity contribution >= 4 is 11.9 Å². The number of benzene rings is 1. The van der Waals surface area contributed by atoms with Crippen LogP contribution < -0.4 is 0 Å². The lowest BCUT2D eigenvalue weighted by atomic mass is 9.96. The van der Waals surface area contributed by atoms with E-state index in [9.17, 15) is 9.59 Å². The lowest BCUT2D eigenvalue weighted by Gasteiger charge is -2.09. The van der Waals surface area contributed by atoms with E-state index < -0.39 is 17.9 Å². The van der Waals surface area contributed by atoms with Gasteiger partial charge >= 0.3 is 11.9 Å². The molecule has 4 nitrogen and oxygen atoms in total. The first-order chi connectivity index (χ1) is 6.54. The van der Waals surface area contributed by atoms with Crippen LogP contribution in [0.2, 0.25) is 0 Å². The average Bonchev–Trinajstić information content (AvgIpc) is 2.16. The zero-order chi connectivity index (χ0) is 10.7. The molecule has 0 aliphatic heterocycles. The van der Waals surface area contributed by atoms with E-state index in [0.29, 0.717) is 5.56 Å². The molecule has 74 valence electrons. The van der Waals surface area contributed by atoms with Crippen LogP contribution in [0.5, 0.6) is 0 Å². The van der Waals surface area contributed by atoms with Crippen molar-refractivity contribution < 1.29 is 19.8 Å². The molecule has 0 saturated carbocycles. The highest BCUT2D eigenvalue weighted by Gasteiger charge is 2.19. The second-order valence-electron chi connectivity index (χ2n) is 2.95. The quantitative estimate of drug-likeness (QED) is 0.765. The fourth-order valence-corrected chi connectivity index (χ4v) is 1.20. The van der Waals surface area contributed by atoms with E-state index >= 15 is 0 Å². The van der Waals surface area contributed by atoms with E-state index in [1.165, 1.54) is 19.1 Å². The maximum Gasteiger partial charge on any atom is 0.335 e. The minimum atomic E-state index is -1.10. The molecule has 1 rings (SSSR count). The van der Waals surface area contributed by atoms with Gasteiger partial charge in [-0.15, -0.1) is 0 Å². The molecule has 4 heteroatoms. The molecule has 0 amide bonds. The second kappa shape index (κ2) is 3.91. The van der Waals surface area contributed by atoms with Crippen molar-refractivity contribution in [2.45, 2.75) is 12.8 Å². The maximum atomic E-state index is 10.8. The van der Waals surface area contributed by atoms with Gasteiger partial charge in [-0.1, -0.05) is 18.2 Å². The van der Waals surface area contributed by atoms with Crippen molar-refractivity contribution in [1.82, 2.24) is 0 Å². The second-order valence-corrected chi connectivity index (χ2v) is 2.95. The molecule has 1 aromatic carbocycles. The molecule has 1 aromatic rings. The Morgan fingerprint density at radius 3 is 2.29 bits per heavy atom. The number of aliphatic carboxylic acids is 1. The summed E-state index contributed by atoms with van der Waals surface area (Å²) in [5, 5.41) is 17.6. The Balaban J connectivity index is 3.19. The van der Waals surface area contributed by atoms with Crippen LogP contribution in [0.15, 0.2) is 24.3 Å². The van der Waals surface area contributed by atoms with E-state index in [4.69, 9.17) is 10.2 Å². The van der Waals surface area contributed by atoms with Gasteiger partial charge in [0.15, 0.2) is 0 Å². The third-order valence-corrected chi connectivity index (χ3v) is 2.03. The smallest absolute Gasteiger partial charge is 0.335 e. The summed E-state index contributed by atoms with van der Waals surface area (Å²) < 4.78 is 0. The van der Waals surface area contributed by atoms with Gasteiger partial charge in [0.05, 0.1) is 11.5 Å². The van der Waals surface area contributed by atoms with Crippen LogP contribution in [0.1, 0.15) is 28.8 Å². The van der Waals surface area contributed by atoms with Crippen LogP contribution in [0.25, 0.3) is 0 Å². The Labute approximate surface area is 80.8 Å². The van der Waals surface area contributed by atoms with E-state index in [2.05, 4.69) is 0 Å². The minimum absolute atomic E-state index is 0.0439. The molecule has 0 bridgehead atoms. The van der Waals surface area contributed by atoms with Crippen molar-refractivity contribution in [3.63, 3.8) is 0 Å². The molecule has 0 spiro atoms. The number of rotatable bonds is 3. The predicted octanol–water partition coefficient (Wildman–Crippen LogP) is 1.57. The van der Waals surface area contributed by atoms with Gasteiger partial charge in [-0.3, -0.25) is 4.79 Å². The highest BCUT2D eigenvalue weighted by Crippen LogP contribution is 2.19. The zero-order valence-electron chi connectivity index (χ0n) is 7.60. The van der Waals surface area contributed by atoms with Crippen molar-refractivity contribution in [3.8, 4) is 0 Å². The Bertz CT molecular complexity index is 370. The maximum absolute atomic E-state index is 10.8. The fourth-order valence-electron chi connectivity index (χ4n) is 1.20. The fraction of sp³-hybridized carbons (Fsp3) is 0.200. The lowest BCUT2D eigenvalue weighted by Crippen LogP contribution is -2.12. The third kappa shape index (κ3) is 1.90. The molecule has 0 aliphatic rings. The topological polar surface area (TPSA) is 74.6 Å². The molecule has 1 unspecified atom stereocenters. The largest absolute Gasteiger partial charge is 0.481 e. The van der Waals surface area contributed by atoms with Crippen LogP contribution in [-0.4, -0.2) is 22.2 Å². The molecule has 14 heavy (non-hydrogen) atoms. The first-order valence-electron chi connectivity index (χ1n) is 4.09. The van der Waals surface area contributed by atoms with Gasteiger partial charge in [-0.2, -0.15) is 0 Å². The number of carbonyl (C=O) groups is 2. The molecule has 0 radical (unpaired) electrons. The summed E-state index contributed by atoms with van der Waals surface area (Å²) in [5.41, 5.74) is 0.370. The summed E-state index contributed by atoms with van der Waals surface area (Å²) in [6.07, 6.45) is 0. The third-order valence-electron chi connectivity index (χ3n) is 2.03. The average molecular weight is 194 g/mol. The van der Waals surface area contributed by atoms with Crippen molar-refractivity contribution in [2.24, 2.45) is 0 Å². The summed E-state index contributed by atoms with van der Waals surface area (Å²) in [6.45, 7) is 1.46. The van der Waals surface area contributed by atoms with Gasteiger partial charge in [0.1, 0.15) is 0 Å². The molecule has 0 heterocycles. The minimum Gasteiger partial charge on any atom is -0.481 e. The van der Waals surface area contributed by atoms with E-state index in [-0.39, 0.29) is 5.56 Å². The van der Waals surface area contributed by atoms with E-state index in [1.807, 2.05) is 0 Å². The van der Waals surface area contributed by atoms with E-state index in [0.717, 1.165) is 0 Å². The van der Waals surface area contributed by atoms with Gasteiger partial charge in [0.2, 0.25) is 0 Å². The van der Waals surface area contributed by atoms with Crippen molar-refractivity contribution in [1.29, 1.82) is 0 Å². The Morgan fingerprint density at radius 2 is 1.79 bits per heavy atom. The summed E-state index contributed by atoms with van der Waals surface area (Å²) in [4.78, 5) is 21.4. The van der Waals surface area contributed by atoms with Gasteiger partial charge in [-0.05, 0) is 18.6 Å². The van der Waals surface area contributed by atoms with Crippen LogP contribution in [0, 0.1) is 0 Å². The molecule has 0 aliphatic carbocycles. The number of aromatic carboxylic acids is 1. The Morgan fingerprint density at radius 1 is 1.21 bits per heavy atom. The van der Waals surface area contributed by atoms with Crippen LogP contribution in [0.3, 0.4) is 0 Å². The van der Waals surface area contributed by atoms with Crippen LogP contribution >= 0.6 is 0 Å². The van der Waals surface area contributed by atoms with Gasteiger partial charge in [-0.25, -0.2) is 4.79 Å². The molecule has 2 N–H and O–H groups in total. The van der Waals surface area contributed by atoms with Gasteiger partial charge in [0.25, 0.3) is 0 Å². The molecular weight excluding hydrogens is 184 g/mol. The van der Waals surface area contributed by atoms with Crippen molar-refractivity contribution in [3.05, 3.63) is 35.4 Å². The predicted molar refractivity (Wildman–Crippen MR) is 49.5 cm³/mol. The first-order valence-corrected chi connectivity index (χ1v) is 4.09. The highest BCUT2D eigenvalue weighted by atomic mass is 16.4. The zero-order valence-corrected chi connectivity index (χ0v) is 7.60. The van der Waals surface area contributed by atoms with Gasteiger partial charge < -0.3 is 10.2 Å². The monoisotopic (exact) mass is 194 g/mol. The molecule has 0 saturated heterocycles. The number of carboxylic acid groups (broad SMARTS) is 2. The first kappa shape index (κ1) is 10.2. The number of hydrogen-bond donors (Lipinski definition) is 2. The van der Waals surface area contributed by atoms with E-state index in [1.54, 1.807) is 12.1 Å². The highest BCUT2D eigenvalue weighted by molar-refractivity contribution is 5.91. The normalized spacial score (nSPS) is 12.1. The molecule has 0 aromatic heterocycles. The van der Waals surface area contributed by atoms with Crippen molar-refractivity contribution in [2.75, 3.05) is 0 Å². The van der Waals surface area contributed by atoms with Crippen LogP contribution in [-0.2, 0) is 4.79 Å². The summed E-state index contributed by atoms with van der Waals surface area (Å²) in [7, 11) is 0. The lowest BCUT2D eigenvalue weighted by molar-refractivity contribution is -0.138. The number of hydrogen-bond acceptors (Lipinski definition) is 2. The summed E-state index contributed by atoms with van der Waals surface area (Å²) in [6, 6.07) is 6.11.